The van der Waals surface area contributed by atoms with E-state index in [9.17, 15) is 22.4 Å². The van der Waals surface area contributed by atoms with Gasteiger partial charge in [0.25, 0.3) is 0 Å². The van der Waals surface area contributed by atoms with Gasteiger partial charge in [-0.15, -0.1) is 0 Å². The predicted molar refractivity (Wildman–Crippen MR) is 106 cm³/mol. The first kappa shape index (κ1) is 21.3. The number of amides is 2. The molecular weight excluding hydrogens is 411 g/mol. The lowest BCUT2D eigenvalue weighted by molar-refractivity contribution is -0.139. The maximum Gasteiger partial charge on any atom is 0.309 e. The van der Waals surface area contributed by atoms with Crippen LogP contribution < -0.4 is 10.6 Å². The third kappa shape index (κ3) is 5.12. The van der Waals surface area contributed by atoms with Gasteiger partial charge in [-0.3, -0.25) is 9.59 Å². The smallest absolute Gasteiger partial charge is 0.309 e. The number of hydrogen-bond acceptors (Lipinski definition) is 5. The molecule has 30 heavy (non-hydrogen) atoms. The molecule has 9 heteroatoms. The van der Waals surface area contributed by atoms with E-state index in [-0.39, 0.29) is 17.2 Å². The molecule has 1 heterocycles. The number of rotatable bonds is 7. The van der Waals surface area contributed by atoms with Crippen LogP contribution in [0.4, 0.5) is 4.39 Å². The van der Waals surface area contributed by atoms with Gasteiger partial charge in [0.2, 0.25) is 0 Å². The van der Waals surface area contributed by atoms with Gasteiger partial charge in [0, 0.05) is 13.1 Å². The molecule has 156 valence electrons. The third-order valence-electron chi connectivity index (χ3n) is 4.33. The maximum absolute atomic E-state index is 13.2. The summed E-state index contributed by atoms with van der Waals surface area (Å²) in [4.78, 5) is 24.1. The molecule has 0 aliphatic heterocycles. The number of nitrogens with one attached hydrogen (secondary N) is 2. The Morgan fingerprint density at radius 1 is 0.900 bits per heavy atom. The zero-order valence-corrected chi connectivity index (χ0v) is 16.6. The highest BCUT2D eigenvalue weighted by molar-refractivity contribution is 7.91. The lowest BCUT2D eigenvalue weighted by Gasteiger charge is -2.16. The molecule has 0 aliphatic carbocycles. The van der Waals surface area contributed by atoms with E-state index in [1.54, 1.807) is 24.3 Å². The maximum atomic E-state index is 13.2. The monoisotopic (exact) mass is 430 g/mol. The van der Waals surface area contributed by atoms with Crippen molar-refractivity contribution in [3.63, 3.8) is 0 Å². The van der Waals surface area contributed by atoms with E-state index in [2.05, 4.69) is 10.6 Å². The highest BCUT2D eigenvalue weighted by Gasteiger charge is 2.32. The summed E-state index contributed by atoms with van der Waals surface area (Å²) in [5.41, 5.74) is 0.811. The Labute approximate surface area is 172 Å². The number of hydrogen-bond donors (Lipinski definition) is 2. The molecule has 0 bridgehead atoms. The lowest BCUT2D eigenvalue weighted by atomic mass is 10.2. The Balaban J connectivity index is 1.69. The summed E-state index contributed by atoms with van der Waals surface area (Å²) in [5.74, 6) is -2.36. The fourth-order valence-corrected chi connectivity index (χ4v) is 4.34. The molecule has 7 nitrogen and oxygen atoms in total. The van der Waals surface area contributed by atoms with Gasteiger partial charge in [-0.05, 0) is 42.0 Å². The van der Waals surface area contributed by atoms with Crippen molar-refractivity contribution in [1.82, 2.24) is 10.6 Å². The summed E-state index contributed by atoms with van der Waals surface area (Å²) in [6.07, 6.45) is 1.30. The summed E-state index contributed by atoms with van der Waals surface area (Å²) >= 11 is 0. The van der Waals surface area contributed by atoms with Crippen molar-refractivity contribution in [3.05, 3.63) is 90.1 Å². The van der Waals surface area contributed by atoms with Gasteiger partial charge in [0.05, 0.1) is 11.2 Å². The van der Waals surface area contributed by atoms with Crippen molar-refractivity contribution in [2.24, 2.45) is 0 Å². The van der Waals surface area contributed by atoms with Crippen LogP contribution in [0.3, 0.4) is 0 Å². The van der Waals surface area contributed by atoms with Gasteiger partial charge in [0.15, 0.2) is 9.84 Å². The van der Waals surface area contributed by atoms with E-state index in [4.69, 9.17) is 4.42 Å². The summed E-state index contributed by atoms with van der Waals surface area (Å²) in [7, 11) is -4.02. The Hall–Kier alpha value is -3.46. The Morgan fingerprint density at radius 3 is 2.20 bits per heavy atom. The van der Waals surface area contributed by atoms with Crippen molar-refractivity contribution < 1.29 is 26.8 Å². The second kappa shape index (κ2) is 9.36. The molecule has 3 aromatic rings. The quantitative estimate of drug-likeness (QED) is 0.442. The molecule has 0 saturated heterocycles. The molecule has 0 aliphatic rings. The number of halogens is 1. The first-order valence-electron chi connectivity index (χ1n) is 9.01. The molecule has 0 spiro atoms. The highest BCUT2D eigenvalue weighted by atomic mass is 32.2. The molecule has 3 rings (SSSR count). The van der Waals surface area contributed by atoms with Gasteiger partial charge < -0.3 is 15.1 Å². The summed E-state index contributed by atoms with van der Waals surface area (Å²) in [6.45, 7) is -0.243. The van der Waals surface area contributed by atoms with Gasteiger partial charge in [-0.25, -0.2) is 12.8 Å². The first-order chi connectivity index (χ1) is 14.4. The van der Waals surface area contributed by atoms with Gasteiger partial charge >= 0.3 is 11.8 Å². The Kier molecular flexibility index (Phi) is 6.63. The standard InChI is InChI=1S/C21H19FN2O5S/c22-16-8-10-17(11-9-16)30(27,28)19(18-7-4-12-29-18)14-24-21(26)20(25)23-13-15-5-2-1-3-6-15/h1-12,19H,13-14H2,(H,23,25)(H,24,26)/t19-/m0/s1. The molecule has 1 atom stereocenters. The predicted octanol–water partition coefficient (Wildman–Crippen LogP) is 2.37. The molecule has 0 saturated carbocycles. The van der Waals surface area contributed by atoms with Crippen LogP contribution in [-0.4, -0.2) is 26.8 Å². The van der Waals surface area contributed by atoms with Crippen LogP contribution in [0.2, 0.25) is 0 Å². The molecule has 0 fully saturated rings. The van der Waals surface area contributed by atoms with Crippen molar-refractivity contribution in [2.45, 2.75) is 16.7 Å². The van der Waals surface area contributed by atoms with Crippen LogP contribution in [0.1, 0.15) is 16.6 Å². The van der Waals surface area contributed by atoms with Crippen molar-refractivity contribution >= 4 is 21.7 Å². The second-order valence-corrected chi connectivity index (χ2v) is 8.51. The van der Waals surface area contributed by atoms with Gasteiger partial charge in [-0.2, -0.15) is 0 Å². The fraction of sp³-hybridized carbons (Fsp3) is 0.143. The molecule has 0 unspecified atom stereocenters. The summed E-state index contributed by atoms with van der Waals surface area (Å²) in [6, 6.07) is 16.3. The fourth-order valence-electron chi connectivity index (χ4n) is 2.75. The number of carbonyl (C=O) groups excluding carboxylic acids is 2. The zero-order valence-electron chi connectivity index (χ0n) is 15.7. The second-order valence-electron chi connectivity index (χ2n) is 6.38. The van der Waals surface area contributed by atoms with E-state index < -0.39 is 39.3 Å². The average molecular weight is 430 g/mol. The van der Waals surface area contributed by atoms with E-state index in [0.717, 1.165) is 29.8 Å². The molecule has 1 aromatic heterocycles. The van der Waals surface area contributed by atoms with Gasteiger partial charge in [0.1, 0.15) is 16.8 Å². The van der Waals surface area contributed by atoms with Crippen LogP contribution in [-0.2, 0) is 26.0 Å². The zero-order chi connectivity index (χ0) is 21.6. The normalized spacial score (nSPS) is 12.2. The number of carbonyl (C=O) groups is 2. The number of furan rings is 1. The number of benzene rings is 2. The van der Waals surface area contributed by atoms with Crippen molar-refractivity contribution in [2.75, 3.05) is 6.54 Å². The van der Waals surface area contributed by atoms with Crippen molar-refractivity contribution in [1.29, 1.82) is 0 Å². The minimum absolute atomic E-state index is 0.0873. The minimum Gasteiger partial charge on any atom is -0.468 e. The minimum atomic E-state index is -4.02. The topological polar surface area (TPSA) is 105 Å². The lowest BCUT2D eigenvalue weighted by Crippen LogP contribution is -2.42. The molecule has 2 amide bonds. The third-order valence-corrected chi connectivity index (χ3v) is 6.40. The number of sulfone groups is 1. The van der Waals surface area contributed by atoms with Crippen LogP contribution >= 0.6 is 0 Å². The van der Waals surface area contributed by atoms with E-state index in [1.165, 1.54) is 18.4 Å². The van der Waals surface area contributed by atoms with Crippen LogP contribution in [0.25, 0.3) is 0 Å². The highest BCUT2D eigenvalue weighted by Crippen LogP contribution is 2.29. The van der Waals surface area contributed by atoms with Crippen molar-refractivity contribution in [3.8, 4) is 0 Å². The molecular formula is C21H19FN2O5S. The SMILES string of the molecule is O=C(NCc1ccccc1)C(=O)NC[C@@H](c1ccco1)S(=O)(=O)c1ccc(F)cc1. The molecule has 2 aromatic carbocycles. The van der Waals surface area contributed by atoms with Crippen LogP contribution in [0.15, 0.2) is 82.3 Å². The Bertz CT molecular complexity index is 1100. The molecule has 0 radical (unpaired) electrons. The summed E-state index contributed by atoms with van der Waals surface area (Å²) in [5, 5.41) is 3.51. The average Bonchev–Trinajstić information content (AvgIpc) is 3.27. The van der Waals surface area contributed by atoms with Crippen LogP contribution in [0, 0.1) is 5.82 Å². The van der Waals surface area contributed by atoms with E-state index >= 15 is 0 Å². The largest absolute Gasteiger partial charge is 0.468 e. The van der Waals surface area contributed by atoms with E-state index in [0.29, 0.717) is 0 Å². The van der Waals surface area contributed by atoms with Crippen LogP contribution in [0.5, 0.6) is 0 Å². The summed E-state index contributed by atoms with van der Waals surface area (Å²) < 4.78 is 44.4. The Morgan fingerprint density at radius 2 is 1.57 bits per heavy atom. The molecule has 2 N–H and O–H groups in total. The first-order valence-corrected chi connectivity index (χ1v) is 10.6. The van der Waals surface area contributed by atoms with E-state index in [1.807, 2.05) is 6.07 Å². The van der Waals surface area contributed by atoms with Gasteiger partial charge in [-0.1, -0.05) is 30.3 Å².